The summed E-state index contributed by atoms with van der Waals surface area (Å²) in [6.45, 7) is 5.89. The van der Waals surface area contributed by atoms with Gasteiger partial charge in [0.25, 0.3) is 0 Å². The van der Waals surface area contributed by atoms with Crippen molar-refractivity contribution >= 4 is 11.3 Å². The second-order valence-electron chi connectivity index (χ2n) is 5.27. The number of halogens is 2. The number of thiophene rings is 1. The fourth-order valence-corrected chi connectivity index (χ4v) is 3.67. The second-order valence-corrected chi connectivity index (χ2v) is 6.38. The minimum Gasteiger partial charge on any atom is -0.312 e. The zero-order valence-corrected chi connectivity index (χ0v) is 12.9. The second kappa shape index (κ2) is 6.02. The van der Waals surface area contributed by atoms with Gasteiger partial charge in [-0.2, -0.15) is 0 Å². The molecule has 4 heteroatoms. The Bertz CT molecular complexity index is 605. The average Bonchev–Trinajstić information content (AvgIpc) is 2.84. The molecule has 0 aliphatic rings. The lowest BCUT2D eigenvalue weighted by Gasteiger charge is -2.18. The first kappa shape index (κ1) is 15.1. The highest BCUT2D eigenvalue weighted by Crippen LogP contribution is 2.37. The Hall–Kier alpha value is -1.26. The highest BCUT2D eigenvalue weighted by molar-refractivity contribution is 7.15. The van der Waals surface area contributed by atoms with Crippen LogP contribution in [0.1, 0.15) is 30.3 Å². The summed E-state index contributed by atoms with van der Waals surface area (Å²) < 4.78 is 28.1. The molecule has 1 atom stereocenters. The van der Waals surface area contributed by atoms with Crippen molar-refractivity contribution in [2.75, 3.05) is 7.05 Å². The summed E-state index contributed by atoms with van der Waals surface area (Å²) in [5.41, 5.74) is 0.547. The van der Waals surface area contributed by atoms with E-state index in [0.717, 1.165) is 4.88 Å². The first-order valence-corrected chi connectivity index (χ1v) is 7.49. The minimum atomic E-state index is -0.507. The molecule has 0 radical (unpaired) electrons. The van der Waals surface area contributed by atoms with Gasteiger partial charge in [0.2, 0.25) is 0 Å². The van der Waals surface area contributed by atoms with Gasteiger partial charge >= 0.3 is 0 Å². The van der Waals surface area contributed by atoms with Crippen LogP contribution in [0, 0.1) is 24.5 Å². The van der Waals surface area contributed by atoms with Crippen LogP contribution in [0.5, 0.6) is 0 Å². The molecule has 0 bridgehead atoms. The third-order valence-electron chi connectivity index (χ3n) is 3.44. The van der Waals surface area contributed by atoms with E-state index in [1.807, 2.05) is 13.1 Å². The lowest BCUT2D eigenvalue weighted by molar-refractivity contribution is 0.449. The van der Waals surface area contributed by atoms with Gasteiger partial charge in [-0.25, -0.2) is 8.78 Å². The molecule has 1 aromatic heterocycles. The van der Waals surface area contributed by atoms with Crippen molar-refractivity contribution in [3.8, 4) is 10.4 Å². The maximum Gasteiger partial charge on any atom is 0.137 e. The van der Waals surface area contributed by atoms with Crippen molar-refractivity contribution in [3.05, 3.63) is 46.3 Å². The molecule has 0 fully saturated rings. The molecule has 1 heterocycles. The van der Waals surface area contributed by atoms with Crippen LogP contribution in [0.3, 0.4) is 0 Å². The summed E-state index contributed by atoms with van der Waals surface area (Å²) in [6, 6.07) is 6.73. The Balaban J connectivity index is 2.46. The van der Waals surface area contributed by atoms with E-state index in [1.54, 1.807) is 13.0 Å². The molecule has 20 heavy (non-hydrogen) atoms. The van der Waals surface area contributed by atoms with Crippen LogP contribution in [0.25, 0.3) is 10.4 Å². The van der Waals surface area contributed by atoms with Gasteiger partial charge < -0.3 is 5.32 Å². The average molecular weight is 295 g/mol. The zero-order chi connectivity index (χ0) is 14.9. The van der Waals surface area contributed by atoms with Crippen LogP contribution < -0.4 is 5.32 Å². The number of nitrogens with one attached hydrogen (secondary N) is 1. The molecule has 0 aliphatic carbocycles. The Morgan fingerprint density at radius 3 is 2.40 bits per heavy atom. The quantitative estimate of drug-likeness (QED) is 0.844. The molecule has 0 amide bonds. The van der Waals surface area contributed by atoms with Crippen molar-refractivity contribution in [3.63, 3.8) is 0 Å². The first-order chi connectivity index (χ1) is 9.45. The van der Waals surface area contributed by atoms with Crippen molar-refractivity contribution in [1.82, 2.24) is 5.32 Å². The first-order valence-electron chi connectivity index (χ1n) is 6.67. The Morgan fingerprint density at radius 2 is 1.80 bits per heavy atom. The highest BCUT2D eigenvalue weighted by atomic mass is 32.1. The topological polar surface area (TPSA) is 12.0 Å². The molecule has 0 saturated carbocycles. The van der Waals surface area contributed by atoms with Crippen LogP contribution in [0.4, 0.5) is 8.78 Å². The Kier molecular flexibility index (Phi) is 4.55. The molecule has 1 aromatic carbocycles. The molecular weight excluding hydrogens is 276 g/mol. The molecule has 1 unspecified atom stereocenters. The molecular formula is C16H19F2NS. The molecule has 1 N–H and O–H groups in total. The molecule has 0 spiro atoms. The number of hydrogen-bond donors (Lipinski definition) is 1. The van der Waals surface area contributed by atoms with E-state index >= 15 is 0 Å². The maximum absolute atomic E-state index is 14.2. The van der Waals surface area contributed by atoms with E-state index in [-0.39, 0.29) is 11.6 Å². The lowest BCUT2D eigenvalue weighted by Crippen LogP contribution is -2.20. The number of hydrogen-bond acceptors (Lipinski definition) is 2. The van der Waals surface area contributed by atoms with Crippen LogP contribution in [0.15, 0.2) is 24.3 Å². The van der Waals surface area contributed by atoms with Crippen LogP contribution in [0.2, 0.25) is 0 Å². The largest absolute Gasteiger partial charge is 0.312 e. The van der Waals surface area contributed by atoms with Gasteiger partial charge in [-0.05, 0) is 43.7 Å². The van der Waals surface area contributed by atoms with E-state index in [0.29, 0.717) is 16.4 Å². The Labute approximate surface area is 122 Å². The monoisotopic (exact) mass is 295 g/mol. The fourth-order valence-electron chi connectivity index (χ4n) is 2.34. The molecule has 108 valence electrons. The molecule has 1 nitrogen and oxygen atoms in total. The van der Waals surface area contributed by atoms with Crippen LogP contribution >= 0.6 is 11.3 Å². The number of rotatable bonds is 4. The standard InChI is InChI=1S/C16H19F2NS/c1-9(2)16(19-4)13-8-7-12(20-13)14-11(17)6-5-10(3)15(14)18/h5-9,16,19H,1-4H3. The number of aryl methyl sites for hydroxylation is 1. The summed E-state index contributed by atoms with van der Waals surface area (Å²) in [6.07, 6.45) is 0. The predicted molar refractivity (Wildman–Crippen MR) is 81.0 cm³/mol. The van der Waals surface area contributed by atoms with E-state index in [2.05, 4.69) is 19.2 Å². The third kappa shape index (κ3) is 2.76. The molecule has 0 aliphatic heterocycles. The summed E-state index contributed by atoms with van der Waals surface area (Å²) in [4.78, 5) is 1.73. The summed E-state index contributed by atoms with van der Waals surface area (Å²) >= 11 is 1.44. The summed E-state index contributed by atoms with van der Waals surface area (Å²) in [5, 5.41) is 3.25. The lowest BCUT2D eigenvalue weighted by atomic mass is 10.0. The van der Waals surface area contributed by atoms with Gasteiger partial charge in [0, 0.05) is 15.8 Å². The van der Waals surface area contributed by atoms with Crippen LogP contribution in [-0.2, 0) is 0 Å². The SMILES string of the molecule is CNC(c1ccc(-c2c(F)ccc(C)c2F)s1)C(C)C. The van der Waals surface area contributed by atoms with Gasteiger partial charge in [-0.3, -0.25) is 0 Å². The molecule has 0 saturated heterocycles. The maximum atomic E-state index is 14.2. The van der Waals surface area contributed by atoms with E-state index < -0.39 is 11.6 Å². The molecule has 2 aromatic rings. The van der Waals surface area contributed by atoms with Gasteiger partial charge in [-0.15, -0.1) is 11.3 Å². The highest BCUT2D eigenvalue weighted by Gasteiger charge is 2.19. The Morgan fingerprint density at radius 1 is 1.10 bits per heavy atom. The van der Waals surface area contributed by atoms with Crippen molar-refractivity contribution in [2.24, 2.45) is 5.92 Å². The minimum absolute atomic E-state index is 0.0832. The zero-order valence-electron chi connectivity index (χ0n) is 12.1. The van der Waals surface area contributed by atoms with Crippen molar-refractivity contribution in [2.45, 2.75) is 26.8 Å². The van der Waals surface area contributed by atoms with E-state index in [4.69, 9.17) is 0 Å². The van der Waals surface area contributed by atoms with Gasteiger partial charge in [0.15, 0.2) is 0 Å². The third-order valence-corrected chi connectivity index (χ3v) is 4.63. The fraction of sp³-hybridized carbons (Fsp3) is 0.375. The smallest absolute Gasteiger partial charge is 0.137 e. The normalized spacial score (nSPS) is 12.9. The summed E-state index contributed by atoms with van der Waals surface area (Å²) in [5.74, 6) is -0.560. The van der Waals surface area contributed by atoms with E-state index in [1.165, 1.54) is 23.5 Å². The summed E-state index contributed by atoms with van der Waals surface area (Å²) in [7, 11) is 1.90. The molecule has 2 rings (SSSR count). The van der Waals surface area contributed by atoms with Gasteiger partial charge in [0.1, 0.15) is 11.6 Å². The van der Waals surface area contributed by atoms with Gasteiger partial charge in [0.05, 0.1) is 5.56 Å². The van der Waals surface area contributed by atoms with E-state index in [9.17, 15) is 8.78 Å². The van der Waals surface area contributed by atoms with Gasteiger partial charge in [-0.1, -0.05) is 19.9 Å². The van der Waals surface area contributed by atoms with Crippen LogP contribution in [-0.4, -0.2) is 7.05 Å². The number of benzene rings is 1. The predicted octanol–water partition coefficient (Wildman–Crippen LogP) is 4.92. The van der Waals surface area contributed by atoms with Crippen molar-refractivity contribution in [1.29, 1.82) is 0 Å². The van der Waals surface area contributed by atoms with Crippen molar-refractivity contribution < 1.29 is 8.78 Å².